The van der Waals surface area contributed by atoms with E-state index >= 15 is 0 Å². The van der Waals surface area contributed by atoms with Crippen LogP contribution in [0.5, 0.6) is 0 Å². The second kappa shape index (κ2) is 7.75. The van der Waals surface area contributed by atoms with Crippen molar-refractivity contribution in [2.75, 3.05) is 0 Å². The van der Waals surface area contributed by atoms with Crippen LogP contribution < -0.4 is 5.32 Å². The van der Waals surface area contributed by atoms with Gasteiger partial charge in [0.05, 0.1) is 17.3 Å². The van der Waals surface area contributed by atoms with Gasteiger partial charge in [0, 0.05) is 12.4 Å². The molecule has 0 unspecified atom stereocenters. The Morgan fingerprint density at radius 1 is 1.12 bits per heavy atom. The van der Waals surface area contributed by atoms with Gasteiger partial charge in [-0.3, -0.25) is 9.78 Å². The van der Waals surface area contributed by atoms with Crippen molar-refractivity contribution in [2.24, 2.45) is 0 Å². The van der Waals surface area contributed by atoms with Gasteiger partial charge in [-0.2, -0.15) is 0 Å². The fourth-order valence-corrected chi connectivity index (χ4v) is 2.08. The molecule has 0 fully saturated rings. The Hall–Kier alpha value is -1.95. The smallest absolute Gasteiger partial charge is 0.331 e. The van der Waals surface area contributed by atoms with Gasteiger partial charge in [-0.25, -0.2) is 4.79 Å². The zero-order valence-corrected chi connectivity index (χ0v) is 15.5. The summed E-state index contributed by atoms with van der Waals surface area (Å²) in [7, 11) is 0. The zero-order chi connectivity index (χ0) is 18.5. The topological polar surface area (TPSA) is 77.5 Å². The molecule has 2 atom stereocenters. The number of rotatable bonds is 5. The van der Waals surface area contributed by atoms with Crippen LogP contribution in [0.1, 0.15) is 58.8 Å². The highest BCUT2D eigenvalue weighted by Gasteiger charge is 2.34. The van der Waals surface area contributed by atoms with Crippen molar-refractivity contribution in [2.45, 2.75) is 71.8 Å². The molecule has 0 saturated heterocycles. The van der Waals surface area contributed by atoms with E-state index in [0.29, 0.717) is 5.56 Å². The molecule has 6 heteroatoms. The summed E-state index contributed by atoms with van der Waals surface area (Å²) in [6.45, 7) is 12.7. The lowest BCUT2D eigenvalue weighted by Gasteiger charge is -2.32. The molecule has 1 aromatic rings. The lowest BCUT2D eigenvalue weighted by atomic mass is 10.1. The number of ether oxygens (including phenoxy) is 2. The van der Waals surface area contributed by atoms with E-state index in [1.807, 2.05) is 20.8 Å². The van der Waals surface area contributed by atoms with Crippen molar-refractivity contribution in [1.29, 1.82) is 0 Å². The van der Waals surface area contributed by atoms with Crippen LogP contribution in [0.4, 0.5) is 0 Å². The van der Waals surface area contributed by atoms with Crippen LogP contribution in [0.15, 0.2) is 24.5 Å². The largest absolute Gasteiger partial charge is 0.458 e. The predicted octanol–water partition coefficient (Wildman–Crippen LogP) is 2.73. The van der Waals surface area contributed by atoms with Crippen molar-refractivity contribution < 1.29 is 19.1 Å². The molecule has 0 aliphatic heterocycles. The molecule has 1 rings (SSSR count). The van der Waals surface area contributed by atoms with Gasteiger partial charge in [-0.05, 0) is 60.6 Å². The molecule has 0 aliphatic carbocycles. The van der Waals surface area contributed by atoms with E-state index in [-0.39, 0.29) is 0 Å². The first-order valence-corrected chi connectivity index (χ1v) is 8.00. The molecule has 1 amide bonds. The molecular weight excluding hydrogens is 308 g/mol. The number of nitrogens with zero attached hydrogens (tertiary/aromatic N) is 1. The highest BCUT2D eigenvalue weighted by Crippen LogP contribution is 2.17. The third kappa shape index (κ3) is 7.08. The molecule has 0 saturated carbocycles. The molecule has 6 nitrogen and oxygen atoms in total. The van der Waals surface area contributed by atoms with Crippen LogP contribution in [-0.4, -0.2) is 40.2 Å². The van der Waals surface area contributed by atoms with Crippen molar-refractivity contribution in [3.8, 4) is 0 Å². The first-order valence-electron chi connectivity index (χ1n) is 8.00. The Bertz CT molecular complexity index is 559. The average Bonchev–Trinajstić information content (AvgIpc) is 2.41. The van der Waals surface area contributed by atoms with Crippen LogP contribution in [0.2, 0.25) is 0 Å². The van der Waals surface area contributed by atoms with Gasteiger partial charge in [0.15, 0.2) is 6.04 Å². The number of aromatic nitrogens is 1. The van der Waals surface area contributed by atoms with E-state index in [1.165, 1.54) is 6.20 Å². The monoisotopic (exact) mass is 336 g/mol. The van der Waals surface area contributed by atoms with E-state index in [4.69, 9.17) is 9.47 Å². The Morgan fingerprint density at radius 2 is 1.75 bits per heavy atom. The Labute approximate surface area is 143 Å². The van der Waals surface area contributed by atoms with Gasteiger partial charge >= 0.3 is 5.97 Å². The Morgan fingerprint density at radius 3 is 2.21 bits per heavy atom. The van der Waals surface area contributed by atoms with Crippen LogP contribution in [0, 0.1) is 0 Å². The zero-order valence-electron chi connectivity index (χ0n) is 15.5. The number of hydrogen-bond donors (Lipinski definition) is 1. The lowest BCUT2D eigenvalue weighted by Crippen LogP contribution is -2.52. The third-order valence-corrected chi connectivity index (χ3v) is 2.88. The molecule has 0 spiro atoms. The average molecular weight is 336 g/mol. The summed E-state index contributed by atoms with van der Waals surface area (Å²) in [4.78, 5) is 28.8. The molecular formula is C18H28N2O4. The summed E-state index contributed by atoms with van der Waals surface area (Å²) in [6.07, 6.45) is 2.46. The van der Waals surface area contributed by atoms with Gasteiger partial charge in [0.1, 0.15) is 5.60 Å². The number of carbonyl (C=O) groups is 2. The lowest BCUT2D eigenvalue weighted by molar-refractivity contribution is -0.164. The molecule has 0 bridgehead atoms. The highest BCUT2D eigenvalue weighted by atomic mass is 16.6. The van der Waals surface area contributed by atoms with E-state index in [0.717, 1.165) is 0 Å². The molecule has 0 aromatic carbocycles. The van der Waals surface area contributed by atoms with E-state index < -0.39 is 35.2 Å². The highest BCUT2D eigenvalue weighted by molar-refractivity contribution is 5.96. The minimum absolute atomic E-state index is 0.369. The number of esters is 1. The molecule has 1 N–H and O–H groups in total. The molecule has 0 aliphatic rings. The van der Waals surface area contributed by atoms with Crippen LogP contribution in [0.25, 0.3) is 0 Å². The minimum atomic E-state index is -0.920. The fourth-order valence-electron chi connectivity index (χ4n) is 2.08. The van der Waals surface area contributed by atoms with Crippen LogP contribution in [0.3, 0.4) is 0 Å². The molecule has 134 valence electrons. The second-order valence-electron chi connectivity index (χ2n) is 7.66. The number of pyridine rings is 1. The summed E-state index contributed by atoms with van der Waals surface area (Å²) in [5.41, 5.74) is -0.747. The number of carbonyl (C=O) groups excluding carboxylic acids is 2. The van der Waals surface area contributed by atoms with E-state index in [1.54, 1.807) is 46.0 Å². The van der Waals surface area contributed by atoms with Gasteiger partial charge in [0.2, 0.25) is 0 Å². The second-order valence-corrected chi connectivity index (χ2v) is 7.66. The van der Waals surface area contributed by atoms with Crippen molar-refractivity contribution in [3.05, 3.63) is 30.1 Å². The fraction of sp³-hybridized carbons (Fsp3) is 0.611. The SMILES string of the molecule is C[C@@H](OC(C)(C)C)[C@H](NC(=O)c1cccnc1)C(=O)OC(C)(C)C. The number of nitrogens with one attached hydrogen (secondary N) is 1. The first kappa shape index (κ1) is 20.1. The van der Waals surface area contributed by atoms with Crippen molar-refractivity contribution in [3.63, 3.8) is 0 Å². The number of amides is 1. The normalized spacial score (nSPS) is 14.6. The quantitative estimate of drug-likeness (QED) is 0.837. The van der Waals surface area contributed by atoms with Crippen molar-refractivity contribution >= 4 is 11.9 Å². The van der Waals surface area contributed by atoms with Gasteiger partial charge in [-0.15, -0.1) is 0 Å². The third-order valence-electron chi connectivity index (χ3n) is 2.88. The summed E-state index contributed by atoms with van der Waals surface area (Å²) < 4.78 is 11.3. The summed E-state index contributed by atoms with van der Waals surface area (Å²) >= 11 is 0. The summed E-state index contributed by atoms with van der Waals surface area (Å²) in [6, 6.07) is 2.37. The van der Waals surface area contributed by atoms with Gasteiger partial charge < -0.3 is 14.8 Å². The maximum Gasteiger partial charge on any atom is 0.331 e. The maximum atomic E-state index is 12.5. The summed E-state index contributed by atoms with van der Waals surface area (Å²) in [5, 5.41) is 2.70. The molecule has 1 heterocycles. The Balaban J connectivity index is 2.96. The standard InChI is InChI=1S/C18H28N2O4/c1-12(23-17(2,3)4)14(16(22)24-18(5,6)7)20-15(21)13-9-8-10-19-11-13/h8-12,14H,1-7H3,(H,20,21)/t12-,14+/m1/s1. The van der Waals surface area contributed by atoms with Crippen LogP contribution in [-0.2, 0) is 14.3 Å². The van der Waals surface area contributed by atoms with E-state index in [9.17, 15) is 9.59 Å². The minimum Gasteiger partial charge on any atom is -0.458 e. The maximum absolute atomic E-state index is 12.5. The van der Waals surface area contributed by atoms with Gasteiger partial charge in [0.25, 0.3) is 5.91 Å². The van der Waals surface area contributed by atoms with E-state index in [2.05, 4.69) is 10.3 Å². The molecule has 0 radical (unpaired) electrons. The molecule has 24 heavy (non-hydrogen) atoms. The summed E-state index contributed by atoms with van der Waals surface area (Å²) in [5.74, 6) is -0.931. The Kier molecular flexibility index (Phi) is 6.49. The predicted molar refractivity (Wildman–Crippen MR) is 91.6 cm³/mol. The number of hydrogen-bond acceptors (Lipinski definition) is 5. The van der Waals surface area contributed by atoms with Gasteiger partial charge in [-0.1, -0.05) is 0 Å². The molecule has 1 aromatic heterocycles. The first-order chi connectivity index (χ1) is 10.9. The van der Waals surface area contributed by atoms with Crippen LogP contribution >= 0.6 is 0 Å². The van der Waals surface area contributed by atoms with Crippen molar-refractivity contribution in [1.82, 2.24) is 10.3 Å².